The molecule has 0 fully saturated rings. The molecule has 1 aliphatic rings. The Morgan fingerprint density at radius 2 is 2.16 bits per heavy atom. The van der Waals surface area contributed by atoms with Crippen molar-refractivity contribution in [3.8, 4) is 5.75 Å². The Kier molecular flexibility index (Phi) is 4.32. The number of fused-ring (bicyclic) bond motifs is 1. The second kappa shape index (κ2) is 5.80. The Balaban J connectivity index is 2.11. The van der Waals surface area contributed by atoms with E-state index in [0.717, 1.165) is 24.5 Å². The van der Waals surface area contributed by atoms with E-state index in [4.69, 9.17) is 15.2 Å². The van der Waals surface area contributed by atoms with Crippen molar-refractivity contribution < 1.29 is 9.47 Å². The maximum Gasteiger partial charge on any atom is 0.143 e. The lowest BCUT2D eigenvalue weighted by Crippen LogP contribution is -2.48. The summed E-state index contributed by atoms with van der Waals surface area (Å²) in [5, 5.41) is 0. The average Bonchev–Trinajstić information content (AvgIpc) is 2.32. The van der Waals surface area contributed by atoms with Gasteiger partial charge in [-0.05, 0) is 38.5 Å². The van der Waals surface area contributed by atoms with Crippen LogP contribution in [0.4, 0.5) is 5.69 Å². The van der Waals surface area contributed by atoms with Crippen molar-refractivity contribution in [1.82, 2.24) is 0 Å². The van der Waals surface area contributed by atoms with Crippen molar-refractivity contribution in [2.24, 2.45) is 5.73 Å². The lowest BCUT2D eigenvalue weighted by Gasteiger charge is -2.41. The molecule has 4 heteroatoms. The van der Waals surface area contributed by atoms with E-state index in [1.807, 2.05) is 0 Å². The quantitative estimate of drug-likeness (QED) is 0.826. The molecule has 19 heavy (non-hydrogen) atoms. The first-order chi connectivity index (χ1) is 9.02. The van der Waals surface area contributed by atoms with Crippen LogP contribution in [0.15, 0.2) is 18.2 Å². The molecule has 0 saturated carbocycles. The zero-order valence-electron chi connectivity index (χ0n) is 12.1. The molecule has 2 rings (SSSR count). The van der Waals surface area contributed by atoms with E-state index >= 15 is 0 Å². The van der Waals surface area contributed by atoms with Gasteiger partial charge in [0.2, 0.25) is 0 Å². The Bertz CT molecular complexity index is 432. The van der Waals surface area contributed by atoms with Crippen molar-refractivity contribution in [3.05, 3.63) is 23.8 Å². The first kappa shape index (κ1) is 14.2. The monoisotopic (exact) mass is 264 g/mol. The summed E-state index contributed by atoms with van der Waals surface area (Å²) in [4.78, 5) is 2.33. The highest BCUT2D eigenvalue weighted by molar-refractivity contribution is 5.61. The number of nitrogens with two attached hydrogens (primary N) is 1. The Morgan fingerprint density at radius 3 is 2.89 bits per heavy atom. The van der Waals surface area contributed by atoms with Gasteiger partial charge in [-0.25, -0.2) is 0 Å². The normalized spacial score (nSPS) is 16.9. The van der Waals surface area contributed by atoms with Crippen LogP contribution >= 0.6 is 0 Å². The number of rotatable bonds is 5. The molecule has 0 bridgehead atoms. The third-order valence-electron chi connectivity index (χ3n) is 3.18. The van der Waals surface area contributed by atoms with E-state index in [1.54, 1.807) is 0 Å². The first-order valence-corrected chi connectivity index (χ1v) is 6.84. The van der Waals surface area contributed by atoms with E-state index < -0.39 is 0 Å². The number of nitrogens with zero attached hydrogens (tertiary/aromatic N) is 1. The van der Waals surface area contributed by atoms with Crippen LogP contribution in [0.5, 0.6) is 5.75 Å². The van der Waals surface area contributed by atoms with E-state index in [0.29, 0.717) is 19.8 Å². The molecule has 1 heterocycles. The molecular weight excluding hydrogens is 240 g/mol. The van der Waals surface area contributed by atoms with Crippen LogP contribution in [0, 0.1) is 6.92 Å². The highest BCUT2D eigenvalue weighted by atomic mass is 16.5. The largest absolute Gasteiger partial charge is 0.484 e. The van der Waals surface area contributed by atoms with Gasteiger partial charge in [0.05, 0.1) is 25.4 Å². The number of aryl methyl sites for hydroxylation is 1. The summed E-state index contributed by atoms with van der Waals surface area (Å²) < 4.78 is 11.5. The highest BCUT2D eigenvalue weighted by Crippen LogP contribution is 2.37. The molecule has 0 aliphatic carbocycles. The fourth-order valence-corrected chi connectivity index (χ4v) is 2.40. The van der Waals surface area contributed by atoms with Gasteiger partial charge in [0.15, 0.2) is 0 Å². The second-order valence-corrected chi connectivity index (χ2v) is 5.66. The number of hydrogen-bond donors (Lipinski definition) is 1. The molecule has 2 N–H and O–H groups in total. The molecule has 106 valence electrons. The van der Waals surface area contributed by atoms with Gasteiger partial charge in [0, 0.05) is 13.1 Å². The van der Waals surface area contributed by atoms with Crippen molar-refractivity contribution in [1.29, 1.82) is 0 Å². The van der Waals surface area contributed by atoms with Crippen LogP contribution < -0.4 is 15.4 Å². The lowest BCUT2D eigenvalue weighted by atomic mass is 10.0. The molecule has 1 aromatic rings. The van der Waals surface area contributed by atoms with Crippen molar-refractivity contribution >= 4 is 5.69 Å². The predicted octanol–water partition coefficient (Wildman–Crippen LogP) is 1.95. The topological polar surface area (TPSA) is 47.7 Å². The van der Waals surface area contributed by atoms with Gasteiger partial charge >= 0.3 is 0 Å². The van der Waals surface area contributed by atoms with Crippen LogP contribution in [0.2, 0.25) is 0 Å². The van der Waals surface area contributed by atoms with Crippen LogP contribution in [-0.4, -0.2) is 38.4 Å². The zero-order valence-corrected chi connectivity index (χ0v) is 12.1. The number of benzene rings is 1. The molecule has 0 atom stereocenters. The van der Waals surface area contributed by atoms with Crippen molar-refractivity contribution in [3.63, 3.8) is 0 Å². The summed E-state index contributed by atoms with van der Waals surface area (Å²) in [5.41, 5.74) is 7.63. The maximum absolute atomic E-state index is 6.06. The molecule has 0 amide bonds. The minimum Gasteiger partial charge on any atom is -0.484 e. The van der Waals surface area contributed by atoms with Crippen LogP contribution in [0.1, 0.15) is 19.4 Å². The van der Waals surface area contributed by atoms with E-state index in [2.05, 4.69) is 43.9 Å². The molecule has 0 aromatic heterocycles. The van der Waals surface area contributed by atoms with Crippen molar-refractivity contribution in [2.75, 3.05) is 37.7 Å². The molecular formula is C15H24N2O2. The molecule has 1 aromatic carbocycles. The van der Waals surface area contributed by atoms with Gasteiger partial charge in [0.1, 0.15) is 11.4 Å². The minimum absolute atomic E-state index is 0.172. The van der Waals surface area contributed by atoms with Crippen LogP contribution in [-0.2, 0) is 4.74 Å². The number of anilines is 1. The number of hydrogen-bond acceptors (Lipinski definition) is 4. The summed E-state index contributed by atoms with van der Waals surface area (Å²) >= 11 is 0. The molecule has 0 unspecified atom stereocenters. The van der Waals surface area contributed by atoms with Gasteiger partial charge < -0.3 is 20.1 Å². The lowest BCUT2D eigenvalue weighted by molar-refractivity contribution is 0.0977. The van der Waals surface area contributed by atoms with Gasteiger partial charge in [-0.1, -0.05) is 6.07 Å². The van der Waals surface area contributed by atoms with Crippen LogP contribution in [0.3, 0.4) is 0 Å². The van der Waals surface area contributed by atoms with Gasteiger partial charge in [0.25, 0.3) is 0 Å². The molecule has 0 radical (unpaired) electrons. The van der Waals surface area contributed by atoms with Gasteiger partial charge in [-0.15, -0.1) is 0 Å². The van der Waals surface area contributed by atoms with Gasteiger partial charge in [-0.3, -0.25) is 0 Å². The minimum atomic E-state index is -0.172. The SMILES string of the molecule is Cc1ccc2c(c1)OC(C)(C)CN2CCOCCN. The van der Waals surface area contributed by atoms with E-state index in [-0.39, 0.29) is 5.60 Å². The maximum atomic E-state index is 6.06. The summed E-state index contributed by atoms with van der Waals surface area (Å²) in [6, 6.07) is 6.35. The predicted molar refractivity (Wildman–Crippen MR) is 78.0 cm³/mol. The molecule has 4 nitrogen and oxygen atoms in total. The average molecular weight is 264 g/mol. The zero-order chi connectivity index (χ0) is 13.9. The standard InChI is InChI=1S/C15H24N2O2/c1-12-4-5-13-14(10-12)19-15(2,3)11-17(13)7-9-18-8-6-16/h4-5,10H,6-9,11,16H2,1-3H3. The molecule has 0 spiro atoms. The Hall–Kier alpha value is -1.26. The summed E-state index contributed by atoms with van der Waals surface area (Å²) in [6.07, 6.45) is 0. The summed E-state index contributed by atoms with van der Waals surface area (Å²) in [5.74, 6) is 0.968. The van der Waals surface area contributed by atoms with E-state index in [1.165, 1.54) is 5.56 Å². The number of ether oxygens (including phenoxy) is 2. The van der Waals surface area contributed by atoms with Crippen LogP contribution in [0.25, 0.3) is 0 Å². The second-order valence-electron chi connectivity index (χ2n) is 5.66. The molecule has 0 saturated heterocycles. The summed E-state index contributed by atoms with van der Waals surface area (Å²) in [7, 11) is 0. The first-order valence-electron chi connectivity index (χ1n) is 6.84. The Morgan fingerprint density at radius 1 is 1.37 bits per heavy atom. The fourth-order valence-electron chi connectivity index (χ4n) is 2.40. The highest BCUT2D eigenvalue weighted by Gasteiger charge is 2.31. The third kappa shape index (κ3) is 3.61. The molecule has 1 aliphatic heterocycles. The smallest absolute Gasteiger partial charge is 0.143 e. The third-order valence-corrected chi connectivity index (χ3v) is 3.18. The van der Waals surface area contributed by atoms with Gasteiger partial charge in [-0.2, -0.15) is 0 Å². The fraction of sp³-hybridized carbons (Fsp3) is 0.600. The van der Waals surface area contributed by atoms with Crippen molar-refractivity contribution in [2.45, 2.75) is 26.4 Å². The summed E-state index contributed by atoms with van der Waals surface area (Å²) in [6.45, 7) is 9.94. The Labute approximate surface area is 115 Å². The van der Waals surface area contributed by atoms with E-state index in [9.17, 15) is 0 Å².